The van der Waals surface area contributed by atoms with Crippen molar-refractivity contribution in [1.82, 2.24) is 0 Å². The first-order valence-electron chi connectivity index (χ1n) is 5.96. The molecule has 76 valence electrons. The minimum atomic E-state index is 0.858. The van der Waals surface area contributed by atoms with E-state index in [-0.39, 0.29) is 0 Å². The number of benzene rings is 1. The van der Waals surface area contributed by atoms with Gasteiger partial charge in [-0.1, -0.05) is 50.1 Å². The van der Waals surface area contributed by atoms with Crippen LogP contribution in [-0.2, 0) is 0 Å². The van der Waals surface area contributed by atoms with Gasteiger partial charge in [-0.3, -0.25) is 0 Å². The van der Waals surface area contributed by atoms with Gasteiger partial charge in [0.15, 0.2) is 0 Å². The molecule has 0 radical (unpaired) electrons. The van der Waals surface area contributed by atoms with Gasteiger partial charge < -0.3 is 0 Å². The quantitative estimate of drug-likeness (QED) is 0.643. The van der Waals surface area contributed by atoms with Crippen molar-refractivity contribution >= 4 is 0 Å². The van der Waals surface area contributed by atoms with Crippen LogP contribution in [0.1, 0.15) is 50.5 Å². The summed E-state index contributed by atoms with van der Waals surface area (Å²) >= 11 is 0. The molecule has 0 heteroatoms. The monoisotopic (exact) mass is 188 g/mol. The summed E-state index contributed by atoms with van der Waals surface area (Å²) in [5.41, 5.74) is 1.57. The van der Waals surface area contributed by atoms with Crippen LogP contribution in [0.25, 0.3) is 0 Å². The lowest BCUT2D eigenvalue weighted by Gasteiger charge is -2.15. The standard InChI is InChI=1S/C14H20/c1-2-3-9-14(13-10-11-13)12-7-5-4-6-8-12/h4-8,13-14H,2-3,9-11H2,1H3. The van der Waals surface area contributed by atoms with E-state index < -0.39 is 0 Å². The fourth-order valence-corrected chi connectivity index (χ4v) is 2.30. The molecule has 1 atom stereocenters. The molecule has 0 nitrogen and oxygen atoms in total. The van der Waals surface area contributed by atoms with Crippen molar-refractivity contribution in [3.05, 3.63) is 35.9 Å². The third-order valence-electron chi connectivity index (χ3n) is 3.29. The van der Waals surface area contributed by atoms with Gasteiger partial charge in [-0.15, -0.1) is 0 Å². The largest absolute Gasteiger partial charge is 0.0654 e. The molecule has 1 aromatic rings. The molecule has 2 rings (SSSR count). The molecular weight excluding hydrogens is 168 g/mol. The molecule has 1 aliphatic rings. The van der Waals surface area contributed by atoms with E-state index in [4.69, 9.17) is 0 Å². The Labute approximate surface area is 87.3 Å². The minimum absolute atomic E-state index is 0.858. The maximum Gasteiger partial charge on any atom is -0.0134 e. The van der Waals surface area contributed by atoms with Crippen molar-refractivity contribution in [1.29, 1.82) is 0 Å². The highest BCUT2D eigenvalue weighted by Gasteiger charge is 2.31. The molecule has 0 heterocycles. The van der Waals surface area contributed by atoms with E-state index >= 15 is 0 Å². The lowest BCUT2D eigenvalue weighted by molar-refractivity contribution is 0.530. The number of rotatable bonds is 5. The summed E-state index contributed by atoms with van der Waals surface area (Å²) in [6, 6.07) is 11.1. The molecule has 1 aromatic carbocycles. The summed E-state index contributed by atoms with van der Waals surface area (Å²) in [4.78, 5) is 0. The maximum atomic E-state index is 2.30. The zero-order valence-corrected chi connectivity index (χ0v) is 9.08. The highest BCUT2D eigenvalue weighted by Crippen LogP contribution is 2.45. The van der Waals surface area contributed by atoms with E-state index in [1.807, 2.05) is 0 Å². The smallest absolute Gasteiger partial charge is 0.0134 e. The van der Waals surface area contributed by atoms with Crippen LogP contribution in [-0.4, -0.2) is 0 Å². The van der Waals surface area contributed by atoms with Crippen LogP contribution in [0.3, 0.4) is 0 Å². The van der Waals surface area contributed by atoms with Crippen LogP contribution in [0.4, 0.5) is 0 Å². The lowest BCUT2D eigenvalue weighted by atomic mass is 9.89. The summed E-state index contributed by atoms with van der Waals surface area (Å²) in [6.07, 6.45) is 7.03. The first-order valence-corrected chi connectivity index (χ1v) is 5.96. The van der Waals surface area contributed by atoms with Gasteiger partial charge in [0.2, 0.25) is 0 Å². The van der Waals surface area contributed by atoms with E-state index in [0.717, 1.165) is 11.8 Å². The molecule has 0 aliphatic heterocycles. The van der Waals surface area contributed by atoms with Gasteiger partial charge in [-0.2, -0.15) is 0 Å². The van der Waals surface area contributed by atoms with Crippen molar-refractivity contribution < 1.29 is 0 Å². The SMILES string of the molecule is CCCCC(c1ccccc1)C1CC1. The van der Waals surface area contributed by atoms with Crippen LogP contribution in [0.5, 0.6) is 0 Å². The second kappa shape index (κ2) is 4.63. The Kier molecular flexibility index (Phi) is 3.23. The molecule has 1 unspecified atom stereocenters. The minimum Gasteiger partial charge on any atom is -0.0654 e. The molecule has 0 aromatic heterocycles. The molecule has 0 spiro atoms. The Hall–Kier alpha value is -0.780. The summed E-state index contributed by atoms with van der Waals surface area (Å²) in [5.74, 6) is 1.86. The Morgan fingerprint density at radius 1 is 1.21 bits per heavy atom. The Balaban J connectivity index is 2.02. The second-order valence-electron chi connectivity index (χ2n) is 4.50. The molecule has 1 fully saturated rings. The van der Waals surface area contributed by atoms with Gasteiger partial charge in [0.1, 0.15) is 0 Å². The summed E-state index contributed by atoms with van der Waals surface area (Å²) in [6.45, 7) is 2.29. The van der Waals surface area contributed by atoms with E-state index in [1.165, 1.54) is 32.1 Å². The van der Waals surface area contributed by atoms with E-state index in [9.17, 15) is 0 Å². The van der Waals surface area contributed by atoms with Crippen LogP contribution in [0, 0.1) is 5.92 Å². The van der Waals surface area contributed by atoms with Crippen molar-refractivity contribution in [2.24, 2.45) is 5.92 Å². The third-order valence-corrected chi connectivity index (χ3v) is 3.29. The zero-order valence-electron chi connectivity index (χ0n) is 9.08. The van der Waals surface area contributed by atoms with E-state index in [1.54, 1.807) is 5.56 Å². The van der Waals surface area contributed by atoms with Gasteiger partial charge in [-0.25, -0.2) is 0 Å². The highest BCUT2D eigenvalue weighted by molar-refractivity contribution is 5.21. The van der Waals surface area contributed by atoms with Gasteiger partial charge in [-0.05, 0) is 36.7 Å². The normalized spacial score (nSPS) is 18.1. The van der Waals surface area contributed by atoms with Crippen LogP contribution >= 0.6 is 0 Å². The number of hydrogen-bond donors (Lipinski definition) is 0. The fourth-order valence-electron chi connectivity index (χ4n) is 2.30. The van der Waals surface area contributed by atoms with Crippen molar-refractivity contribution in [2.75, 3.05) is 0 Å². The molecule has 0 saturated heterocycles. The Morgan fingerprint density at radius 3 is 2.50 bits per heavy atom. The molecule has 14 heavy (non-hydrogen) atoms. The highest BCUT2D eigenvalue weighted by atomic mass is 14.4. The topological polar surface area (TPSA) is 0 Å². The van der Waals surface area contributed by atoms with Gasteiger partial charge >= 0.3 is 0 Å². The fraction of sp³-hybridized carbons (Fsp3) is 0.571. The predicted octanol–water partition coefficient (Wildman–Crippen LogP) is 4.37. The summed E-state index contributed by atoms with van der Waals surface area (Å²) < 4.78 is 0. The molecule has 0 amide bonds. The first-order chi connectivity index (χ1) is 6.92. The number of hydrogen-bond acceptors (Lipinski definition) is 0. The lowest BCUT2D eigenvalue weighted by Crippen LogP contribution is -2.00. The third kappa shape index (κ3) is 2.37. The summed E-state index contributed by atoms with van der Waals surface area (Å²) in [5, 5.41) is 0. The van der Waals surface area contributed by atoms with Gasteiger partial charge in [0.25, 0.3) is 0 Å². The molecular formula is C14H20. The summed E-state index contributed by atoms with van der Waals surface area (Å²) in [7, 11) is 0. The van der Waals surface area contributed by atoms with Crippen molar-refractivity contribution in [3.8, 4) is 0 Å². The second-order valence-corrected chi connectivity index (χ2v) is 4.50. The zero-order chi connectivity index (χ0) is 9.80. The van der Waals surface area contributed by atoms with Gasteiger partial charge in [0, 0.05) is 0 Å². The molecule has 1 aliphatic carbocycles. The van der Waals surface area contributed by atoms with Gasteiger partial charge in [0.05, 0.1) is 0 Å². The first kappa shape index (κ1) is 9.76. The van der Waals surface area contributed by atoms with Crippen molar-refractivity contribution in [3.63, 3.8) is 0 Å². The average molecular weight is 188 g/mol. The molecule has 1 saturated carbocycles. The van der Waals surface area contributed by atoms with Crippen LogP contribution in [0.2, 0.25) is 0 Å². The van der Waals surface area contributed by atoms with E-state index in [2.05, 4.69) is 37.3 Å². The predicted molar refractivity (Wildman–Crippen MR) is 61.4 cm³/mol. The van der Waals surface area contributed by atoms with Crippen LogP contribution < -0.4 is 0 Å². The Bertz CT molecular complexity index is 259. The maximum absolute atomic E-state index is 2.30. The average Bonchev–Trinajstić information content (AvgIpc) is 3.04. The molecule has 0 N–H and O–H groups in total. The number of unbranched alkanes of at least 4 members (excludes halogenated alkanes) is 1. The van der Waals surface area contributed by atoms with E-state index in [0.29, 0.717) is 0 Å². The van der Waals surface area contributed by atoms with Crippen LogP contribution in [0.15, 0.2) is 30.3 Å². The van der Waals surface area contributed by atoms with Crippen molar-refractivity contribution in [2.45, 2.75) is 44.9 Å². The molecule has 0 bridgehead atoms. The Morgan fingerprint density at radius 2 is 1.93 bits per heavy atom.